The number of nitrogens with zero attached hydrogens (tertiary/aromatic N) is 1. The lowest BCUT2D eigenvalue weighted by Gasteiger charge is -2.22. The predicted octanol–water partition coefficient (Wildman–Crippen LogP) is 3.43. The number of carboxylic acid groups (broad SMARTS) is 1. The number of allylic oxidation sites excluding steroid dienone is 4. The molecule has 1 N–H and O–H groups in total. The highest BCUT2D eigenvalue weighted by atomic mass is 16.5. The van der Waals surface area contributed by atoms with Crippen LogP contribution in [0.2, 0.25) is 0 Å². The van der Waals surface area contributed by atoms with Crippen LogP contribution < -0.4 is 4.74 Å². The summed E-state index contributed by atoms with van der Waals surface area (Å²) in [4.78, 5) is 12.9. The maximum atomic E-state index is 10.9. The average molecular weight is 327 g/mol. The Morgan fingerprint density at radius 2 is 2.12 bits per heavy atom. The van der Waals surface area contributed by atoms with E-state index < -0.39 is 5.97 Å². The fourth-order valence-corrected chi connectivity index (χ4v) is 3.42. The van der Waals surface area contributed by atoms with Crippen molar-refractivity contribution in [3.05, 3.63) is 53.6 Å². The van der Waals surface area contributed by atoms with Crippen LogP contribution in [-0.2, 0) is 11.2 Å². The van der Waals surface area contributed by atoms with Crippen molar-refractivity contribution in [2.24, 2.45) is 0 Å². The minimum absolute atomic E-state index is 0.108. The van der Waals surface area contributed by atoms with Crippen LogP contribution in [0.4, 0.5) is 0 Å². The van der Waals surface area contributed by atoms with Gasteiger partial charge in [0.05, 0.1) is 6.54 Å². The number of rotatable bonds is 7. The SMILES string of the molecule is O=C(O)CN1CCC[C@H]1COc1ccc(CC2=CC=CCC2)cc1. The lowest BCUT2D eigenvalue weighted by molar-refractivity contribution is -0.138. The summed E-state index contributed by atoms with van der Waals surface area (Å²) < 4.78 is 5.89. The number of ether oxygens (including phenoxy) is 1. The molecule has 1 aromatic carbocycles. The van der Waals surface area contributed by atoms with Gasteiger partial charge in [0.1, 0.15) is 12.4 Å². The van der Waals surface area contributed by atoms with E-state index in [4.69, 9.17) is 9.84 Å². The zero-order valence-corrected chi connectivity index (χ0v) is 14.0. The van der Waals surface area contributed by atoms with Gasteiger partial charge in [-0.3, -0.25) is 9.69 Å². The Morgan fingerprint density at radius 1 is 1.29 bits per heavy atom. The van der Waals surface area contributed by atoms with Gasteiger partial charge in [-0.25, -0.2) is 0 Å². The van der Waals surface area contributed by atoms with Gasteiger partial charge in [-0.1, -0.05) is 35.9 Å². The van der Waals surface area contributed by atoms with Gasteiger partial charge >= 0.3 is 5.97 Å². The normalized spacial score (nSPS) is 20.8. The molecule has 1 heterocycles. The van der Waals surface area contributed by atoms with Crippen molar-refractivity contribution in [3.63, 3.8) is 0 Å². The molecule has 4 heteroatoms. The van der Waals surface area contributed by atoms with E-state index in [1.807, 2.05) is 17.0 Å². The lowest BCUT2D eigenvalue weighted by Crippen LogP contribution is -2.37. The molecular formula is C20H25NO3. The minimum Gasteiger partial charge on any atom is -0.492 e. The van der Waals surface area contributed by atoms with E-state index in [2.05, 4.69) is 30.4 Å². The van der Waals surface area contributed by atoms with Crippen LogP contribution in [0.5, 0.6) is 5.75 Å². The third-order valence-corrected chi connectivity index (χ3v) is 4.73. The summed E-state index contributed by atoms with van der Waals surface area (Å²) in [6.07, 6.45) is 11.9. The number of hydrogen-bond donors (Lipinski definition) is 1. The molecule has 0 aromatic heterocycles. The Kier molecular flexibility index (Phi) is 5.70. The second-order valence-electron chi connectivity index (χ2n) is 6.58. The van der Waals surface area contributed by atoms with E-state index in [0.29, 0.717) is 6.61 Å². The van der Waals surface area contributed by atoms with Gasteiger partial charge in [0.15, 0.2) is 0 Å². The maximum absolute atomic E-state index is 10.9. The molecule has 1 aliphatic heterocycles. The summed E-state index contributed by atoms with van der Waals surface area (Å²) in [5, 5.41) is 8.95. The van der Waals surface area contributed by atoms with E-state index in [0.717, 1.165) is 44.4 Å². The molecule has 1 aromatic rings. The molecular weight excluding hydrogens is 302 g/mol. The molecule has 0 unspecified atom stereocenters. The number of likely N-dealkylation sites (tertiary alicyclic amines) is 1. The third-order valence-electron chi connectivity index (χ3n) is 4.73. The molecule has 1 saturated heterocycles. The van der Waals surface area contributed by atoms with Crippen LogP contribution >= 0.6 is 0 Å². The Hall–Kier alpha value is -2.07. The zero-order chi connectivity index (χ0) is 16.8. The van der Waals surface area contributed by atoms with Gasteiger partial charge in [-0.2, -0.15) is 0 Å². The Morgan fingerprint density at radius 3 is 2.83 bits per heavy atom. The van der Waals surface area contributed by atoms with Crippen molar-refractivity contribution < 1.29 is 14.6 Å². The smallest absolute Gasteiger partial charge is 0.317 e. The van der Waals surface area contributed by atoms with Gasteiger partial charge in [-0.15, -0.1) is 0 Å². The van der Waals surface area contributed by atoms with Gasteiger partial charge in [-0.05, 0) is 56.3 Å². The lowest BCUT2D eigenvalue weighted by atomic mass is 9.98. The van der Waals surface area contributed by atoms with Gasteiger partial charge < -0.3 is 9.84 Å². The van der Waals surface area contributed by atoms with E-state index in [-0.39, 0.29) is 12.6 Å². The van der Waals surface area contributed by atoms with E-state index in [1.165, 1.54) is 11.1 Å². The maximum Gasteiger partial charge on any atom is 0.317 e. The van der Waals surface area contributed by atoms with Crippen molar-refractivity contribution in [1.29, 1.82) is 0 Å². The van der Waals surface area contributed by atoms with Crippen LogP contribution in [0.1, 0.15) is 31.2 Å². The number of carboxylic acids is 1. The van der Waals surface area contributed by atoms with E-state index >= 15 is 0 Å². The summed E-state index contributed by atoms with van der Waals surface area (Å²) >= 11 is 0. The molecule has 24 heavy (non-hydrogen) atoms. The molecule has 0 radical (unpaired) electrons. The van der Waals surface area contributed by atoms with Crippen molar-refractivity contribution in [3.8, 4) is 5.75 Å². The molecule has 2 aliphatic rings. The highest BCUT2D eigenvalue weighted by molar-refractivity contribution is 5.69. The molecule has 0 saturated carbocycles. The third kappa shape index (κ3) is 4.71. The first kappa shape index (κ1) is 16.8. The number of aliphatic carboxylic acids is 1. The standard InChI is InChI=1S/C20H25NO3/c22-20(23)14-21-12-4-7-18(21)15-24-19-10-8-17(9-11-19)13-16-5-2-1-3-6-16/h1-2,5,8-11,18H,3-4,6-7,12-15H2,(H,22,23)/t18-/m0/s1. The largest absolute Gasteiger partial charge is 0.492 e. The van der Waals surface area contributed by atoms with Crippen LogP contribution in [0, 0.1) is 0 Å². The van der Waals surface area contributed by atoms with Gasteiger partial charge in [0, 0.05) is 6.04 Å². The van der Waals surface area contributed by atoms with Crippen LogP contribution in [0.3, 0.4) is 0 Å². The van der Waals surface area contributed by atoms with Crippen molar-refractivity contribution in [1.82, 2.24) is 4.90 Å². The predicted molar refractivity (Wildman–Crippen MR) is 94.3 cm³/mol. The summed E-state index contributed by atoms with van der Waals surface area (Å²) in [6, 6.07) is 8.49. The van der Waals surface area contributed by atoms with E-state index in [1.54, 1.807) is 0 Å². The molecule has 0 bridgehead atoms. The van der Waals surface area contributed by atoms with Crippen LogP contribution in [0.15, 0.2) is 48.1 Å². The number of carbonyl (C=O) groups is 1. The minimum atomic E-state index is -0.766. The molecule has 4 nitrogen and oxygen atoms in total. The van der Waals surface area contributed by atoms with Crippen molar-refractivity contribution >= 4 is 5.97 Å². The summed E-state index contributed by atoms with van der Waals surface area (Å²) in [6.45, 7) is 1.52. The van der Waals surface area contributed by atoms with Gasteiger partial charge in [0.2, 0.25) is 0 Å². The van der Waals surface area contributed by atoms with Crippen molar-refractivity contribution in [2.75, 3.05) is 19.7 Å². The Balaban J connectivity index is 1.50. The van der Waals surface area contributed by atoms with E-state index in [9.17, 15) is 4.79 Å². The molecule has 128 valence electrons. The number of hydrogen-bond acceptors (Lipinski definition) is 3. The van der Waals surface area contributed by atoms with Gasteiger partial charge in [0.25, 0.3) is 0 Å². The zero-order valence-electron chi connectivity index (χ0n) is 14.0. The Bertz CT molecular complexity index is 618. The quantitative estimate of drug-likeness (QED) is 0.833. The first-order valence-electron chi connectivity index (χ1n) is 8.73. The topological polar surface area (TPSA) is 49.8 Å². The molecule has 1 aliphatic carbocycles. The molecule has 1 atom stereocenters. The first-order chi connectivity index (χ1) is 11.7. The monoisotopic (exact) mass is 327 g/mol. The van der Waals surface area contributed by atoms with Crippen LogP contribution in [-0.4, -0.2) is 41.7 Å². The summed E-state index contributed by atoms with van der Waals surface area (Å²) in [7, 11) is 0. The fourth-order valence-electron chi connectivity index (χ4n) is 3.42. The summed E-state index contributed by atoms with van der Waals surface area (Å²) in [5.74, 6) is 0.0940. The second kappa shape index (κ2) is 8.15. The fraction of sp³-hybridized carbons (Fsp3) is 0.450. The first-order valence-corrected chi connectivity index (χ1v) is 8.73. The molecule has 0 spiro atoms. The molecule has 1 fully saturated rings. The summed E-state index contributed by atoms with van der Waals surface area (Å²) in [5.41, 5.74) is 2.78. The molecule has 3 rings (SSSR count). The average Bonchev–Trinajstić information content (AvgIpc) is 3.01. The highest BCUT2D eigenvalue weighted by Gasteiger charge is 2.26. The van der Waals surface area contributed by atoms with Crippen LogP contribution in [0.25, 0.3) is 0 Å². The Labute approximate surface area is 143 Å². The molecule has 0 amide bonds. The van der Waals surface area contributed by atoms with Crippen molar-refractivity contribution in [2.45, 2.75) is 38.1 Å². The number of benzene rings is 1. The second-order valence-corrected chi connectivity index (χ2v) is 6.58. The highest BCUT2D eigenvalue weighted by Crippen LogP contribution is 2.21.